The van der Waals surface area contributed by atoms with E-state index in [9.17, 15) is 4.79 Å². The average molecular weight is 311 g/mol. The van der Waals surface area contributed by atoms with Crippen LogP contribution in [0.5, 0.6) is 0 Å². The Bertz CT molecular complexity index is 522. The first-order chi connectivity index (χ1) is 9.72. The largest absolute Gasteiger partial charge is 1.00 e. The number of carboxylic acid groups (broad SMARTS) is 1. The van der Waals surface area contributed by atoms with E-state index in [0.717, 1.165) is 12.1 Å². The maximum absolute atomic E-state index is 10.8. The summed E-state index contributed by atoms with van der Waals surface area (Å²) in [5.41, 5.74) is 2.42. The molecule has 3 aliphatic rings. The standard InChI is InChI=1S/C15H18N2O3.ClH/c18-15(19)13-3-1-11(2-4-13)10-20-16-14-9-17-7-5-12(14)6-8-17;/h1-4,12H,5-10H2,(H,18,19);1H/b16-14+;. The van der Waals surface area contributed by atoms with E-state index in [2.05, 4.69) is 5.16 Å². The molecule has 6 heteroatoms. The van der Waals surface area contributed by atoms with Crippen molar-refractivity contribution in [1.82, 2.24) is 0 Å². The van der Waals surface area contributed by atoms with Crippen LogP contribution >= 0.6 is 0 Å². The zero-order chi connectivity index (χ0) is 13.9. The van der Waals surface area contributed by atoms with Gasteiger partial charge in [0.2, 0.25) is 0 Å². The van der Waals surface area contributed by atoms with Gasteiger partial charge in [0.1, 0.15) is 18.9 Å². The number of fused-ring (bicyclic) bond motifs is 3. The molecule has 3 heterocycles. The predicted octanol–water partition coefficient (Wildman–Crippen LogP) is -2.43. The number of hydrogen-bond acceptors (Lipinski definition) is 3. The summed E-state index contributed by atoms with van der Waals surface area (Å²) in [6.07, 6.45) is 2.45. The van der Waals surface area contributed by atoms with E-state index in [-0.39, 0.29) is 12.4 Å². The minimum atomic E-state index is -0.909. The van der Waals surface area contributed by atoms with Crippen molar-refractivity contribution in [1.29, 1.82) is 0 Å². The summed E-state index contributed by atoms with van der Waals surface area (Å²) in [7, 11) is 0. The van der Waals surface area contributed by atoms with Gasteiger partial charge in [-0.15, -0.1) is 0 Å². The van der Waals surface area contributed by atoms with Gasteiger partial charge in [-0.3, -0.25) is 0 Å². The van der Waals surface area contributed by atoms with Crippen molar-refractivity contribution in [3.8, 4) is 0 Å². The van der Waals surface area contributed by atoms with Crippen molar-refractivity contribution in [3.05, 3.63) is 35.4 Å². The number of carbonyl (C=O) groups is 1. The van der Waals surface area contributed by atoms with Gasteiger partial charge in [-0.1, -0.05) is 17.3 Å². The Morgan fingerprint density at radius 1 is 1.29 bits per heavy atom. The summed E-state index contributed by atoms with van der Waals surface area (Å²) in [5, 5.41) is 13.1. The molecular formula is C15H19ClN2O3. The molecule has 0 aromatic heterocycles. The van der Waals surface area contributed by atoms with Gasteiger partial charge in [-0.05, 0) is 17.7 Å². The molecule has 5 nitrogen and oxygen atoms in total. The van der Waals surface area contributed by atoms with E-state index >= 15 is 0 Å². The molecule has 0 unspecified atom stereocenters. The van der Waals surface area contributed by atoms with Gasteiger partial charge in [-0.25, -0.2) is 4.79 Å². The summed E-state index contributed by atoms with van der Waals surface area (Å²) >= 11 is 0. The number of oxime groups is 1. The fourth-order valence-corrected chi connectivity index (χ4v) is 2.98. The molecule has 0 radical (unpaired) electrons. The summed E-state index contributed by atoms with van der Waals surface area (Å²) in [6.45, 7) is 3.94. The average Bonchev–Trinajstić information content (AvgIpc) is 2.49. The Labute approximate surface area is 130 Å². The second-order valence-corrected chi connectivity index (χ2v) is 5.56. The van der Waals surface area contributed by atoms with Crippen LogP contribution in [0, 0.1) is 5.92 Å². The minimum absolute atomic E-state index is 0. The second-order valence-electron chi connectivity index (χ2n) is 5.56. The van der Waals surface area contributed by atoms with Gasteiger partial charge in [0.15, 0.2) is 0 Å². The van der Waals surface area contributed by atoms with E-state index in [4.69, 9.17) is 9.94 Å². The lowest BCUT2D eigenvalue weighted by Crippen LogP contribution is -3.16. The molecule has 0 saturated carbocycles. The summed E-state index contributed by atoms with van der Waals surface area (Å²) in [6, 6.07) is 6.72. The number of benzene rings is 1. The second kappa shape index (κ2) is 6.91. The van der Waals surface area contributed by atoms with E-state index in [0.29, 0.717) is 18.1 Å². The quantitative estimate of drug-likeness (QED) is 0.608. The van der Waals surface area contributed by atoms with Crippen molar-refractivity contribution in [2.75, 3.05) is 19.6 Å². The number of rotatable bonds is 4. The van der Waals surface area contributed by atoms with Crippen LogP contribution in [-0.2, 0) is 11.4 Å². The maximum atomic E-state index is 10.8. The first-order valence-corrected chi connectivity index (χ1v) is 7.07. The fourth-order valence-electron chi connectivity index (χ4n) is 2.98. The molecule has 0 atom stereocenters. The monoisotopic (exact) mass is 310 g/mol. The van der Waals surface area contributed by atoms with E-state index in [1.165, 1.54) is 31.6 Å². The lowest BCUT2D eigenvalue weighted by Gasteiger charge is -2.36. The zero-order valence-corrected chi connectivity index (χ0v) is 12.5. The number of aromatic carboxylic acids is 1. The van der Waals surface area contributed by atoms with Crippen LogP contribution in [0.2, 0.25) is 0 Å². The zero-order valence-electron chi connectivity index (χ0n) is 11.7. The number of carboxylic acids is 1. The Hall–Kier alpha value is -1.59. The lowest BCUT2D eigenvalue weighted by molar-refractivity contribution is -0.902. The Morgan fingerprint density at radius 3 is 2.48 bits per heavy atom. The molecule has 2 bridgehead atoms. The molecule has 2 N–H and O–H groups in total. The van der Waals surface area contributed by atoms with Gasteiger partial charge >= 0.3 is 5.97 Å². The maximum Gasteiger partial charge on any atom is 0.335 e. The highest BCUT2D eigenvalue weighted by atomic mass is 35.5. The third-order valence-electron chi connectivity index (χ3n) is 4.21. The summed E-state index contributed by atoms with van der Waals surface area (Å²) < 4.78 is 0. The Kier molecular flexibility index (Phi) is 5.20. The van der Waals surface area contributed by atoms with Crippen molar-refractivity contribution in [2.45, 2.75) is 19.4 Å². The third kappa shape index (κ3) is 3.74. The molecule has 114 valence electrons. The number of halogens is 1. The molecule has 0 amide bonds. The molecule has 21 heavy (non-hydrogen) atoms. The molecular weight excluding hydrogens is 292 g/mol. The first-order valence-electron chi connectivity index (χ1n) is 7.07. The number of piperidine rings is 3. The Balaban J connectivity index is 0.00000161. The number of nitrogens with one attached hydrogen (secondary N) is 1. The number of quaternary nitrogens is 1. The summed E-state index contributed by atoms with van der Waals surface area (Å²) in [4.78, 5) is 17.8. The van der Waals surface area contributed by atoms with E-state index < -0.39 is 5.97 Å². The van der Waals surface area contributed by atoms with Gasteiger partial charge < -0.3 is 27.3 Å². The number of hydrogen-bond donors (Lipinski definition) is 2. The van der Waals surface area contributed by atoms with E-state index in [1.54, 1.807) is 29.2 Å². The van der Waals surface area contributed by atoms with Crippen molar-refractivity contribution in [2.24, 2.45) is 11.1 Å². The predicted molar refractivity (Wildman–Crippen MR) is 73.9 cm³/mol. The third-order valence-corrected chi connectivity index (χ3v) is 4.21. The highest BCUT2D eigenvalue weighted by molar-refractivity contribution is 5.88. The molecule has 3 fully saturated rings. The van der Waals surface area contributed by atoms with Gasteiger partial charge in [0.25, 0.3) is 0 Å². The highest BCUT2D eigenvalue weighted by Crippen LogP contribution is 2.16. The van der Waals surface area contributed by atoms with Crippen LogP contribution in [0.4, 0.5) is 0 Å². The molecule has 0 spiro atoms. The first kappa shape index (κ1) is 15.8. The molecule has 3 saturated heterocycles. The van der Waals surface area contributed by atoms with Gasteiger partial charge in [-0.2, -0.15) is 0 Å². The minimum Gasteiger partial charge on any atom is -1.00 e. The van der Waals surface area contributed by atoms with Crippen LogP contribution in [0.25, 0.3) is 0 Å². The van der Waals surface area contributed by atoms with Gasteiger partial charge in [0.05, 0.1) is 18.7 Å². The highest BCUT2D eigenvalue weighted by Gasteiger charge is 2.34. The topological polar surface area (TPSA) is 63.3 Å². The van der Waals surface area contributed by atoms with Crippen molar-refractivity contribution >= 4 is 11.7 Å². The SMILES string of the molecule is O=C(O)c1ccc(CO/N=C2\C[NH+]3CCC2CC3)cc1.[Cl-]. The van der Waals surface area contributed by atoms with Crippen LogP contribution in [0.3, 0.4) is 0 Å². The fraction of sp³-hybridized carbons (Fsp3) is 0.467. The molecule has 3 aliphatic heterocycles. The van der Waals surface area contributed by atoms with Crippen molar-refractivity contribution < 1.29 is 32.0 Å². The van der Waals surface area contributed by atoms with Gasteiger partial charge in [0, 0.05) is 18.8 Å². The smallest absolute Gasteiger partial charge is 0.335 e. The lowest BCUT2D eigenvalue weighted by atomic mass is 9.87. The molecule has 1 aromatic carbocycles. The van der Waals surface area contributed by atoms with Crippen LogP contribution in [0.15, 0.2) is 29.4 Å². The normalized spacial score (nSPS) is 25.4. The van der Waals surface area contributed by atoms with Crippen LogP contribution in [0.1, 0.15) is 28.8 Å². The van der Waals surface area contributed by atoms with Crippen LogP contribution in [-0.4, -0.2) is 36.4 Å². The molecule has 4 rings (SSSR count). The van der Waals surface area contributed by atoms with Crippen LogP contribution < -0.4 is 17.3 Å². The van der Waals surface area contributed by atoms with E-state index in [1.807, 2.05) is 0 Å². The van der Waals surface area contributed by atoms with Crippen molar-refractivity contribution in [3.63, 3.8) is 0 Å². The summed E-state index contributed by atoms with van der Waals surface area (Å²) in [5.74, 6) is -0.296. The molecule has 0 aliphatic carbocycles. The number of nitrogens with zero attached hydrogens (tertiary/aromatic N) is 1. The Morgan fingerprint density at radius 2 is 1.95 bits per heavy atom. The molecule has 1 aromatic rings.